The van der Waals surface area contributed by atoms with Gasteiger partial charge in [0.2, 0.25) is 0 Å². The maximum atomic E-state index is 12.8. The van der Waals surface area contributed by atoms with Crippen LogP contribution in [-0.4, -0.2) is 33.9 Å². The Hall–Kier alpha value is -3.61. The first-order valence-electron chi connectivity index (χ1n) is 9.35. The molecule has 0 aliphatic carbocycles. The van der Waals surface area contributed by atoms with E-state index < -0.39 is 11.9 Å². The highest BCUT2D eigenvalue weighted by atomic mass is 16.5. The molecule has 3 aromatic rings. The van der Waals surface area contributed by atoms with Crippen LogP contribution in [0.2, 0.25) is 0 Å². The van der Waals surface area contributed by atoms with Gasteiger partial charge in [0.15, 0.2) is 5.69 Å². The number of aryl methyl sites for hydroxylation is 3. The molecule has 0 fully saturated rings. The van der Waals surface area contributed by atoms with Gasteiger partial charge >= 0.3 is 5.97 Å². The Kier molecular flexibility index (Phi) is 6.29. The second kappa shape index (κ2) is 9.05. The zero-order valence-corrected chi connectivity index (χ0v) is 16.4. The Morgan fingerprint density at radius 2 is 1.86 bits per heavy atom. The quantitative estimate of drug-likeness (QED) is 0.609. The fraction of sp³-hybridized carbons (Fsp3) is 0.227. The summed E-state index contributed by atoms with van der Waals surface area (Å²) in [5.41, 5.74) is 2.25. The van der Waals surface area contributed by atoms with Gasteiger partial charge in [-0.15, -0.1) is 0 Å². The van der Waals surface area contributed by atoms with Crippen LogP contribution in [-0.2, 0) is 19.4 Å². The van der Waals surface area contributed by atoms with Crippen molar-refractivity contribution in [3.05, 3.63) is 77.1 Å². The van der Waals surface area contributed by atoms with E-state index in [1.165, 1.54) is 11.8 Å². The number of hydrogen-bond donors (Lipinski definition) is 2. The van der Waals surface area contributed by atoms with E-state index in [1.807, 2.05) is 37.3 Å². The molecule has 1 aromatic heterocycles. The molecule has 29 heavy (non-hydrogen) atoms. The number of amides is 1. The van der Waals surface area contributed by atoms with Crippen LogP contribution in [0.4, 0.5) is 5.69 Å². The van der Waals surface area contributed by atoms with Crippen molar-refractivity contribution in [2.75, 3.05) is 12.4 Å². The third kappa shape index (κ3) is 4.63. The molecule has 0 bridgehead atoms. The van der Waals surface area contributed by atoms with Gasteiger partial charge in [0, 0.05) is 12.1 Å². The Labute approximate surface area is 168 Å². The lowest BCUT2D eigenvalue weighted by Crippen LogP contribution is -2.17. The monoisotopic (exact) mass is 393 g/mol. The number of aromatic nitrogens is 2. The number of carboxylic acid groups (broad SMARTS) is 1. The second-order valence-corrected chi connectivity index (χ2v) is 6.46. The lowest BCUT2D eigenvalue weighted by Gasteiger charge is -2.09. The van der Waals surface area contributed by atoms with Gasteiger partial charge in [-0.3, -0.25) is 9.48 Å². The van der Waals surface area contributed by atoms with E-state index in [0.29, 0.717) is 36.4 Å². The predicted molar refractivity (Wildman–Crippen MR) is 110 cm³/mol. The maximum Gasteiger partial charge on any atom is 0.356 e. The zero-order valence-electron chi connectivity index (χ0n) is 16.4. The average Bonchev–Trinajstić information content (AvgIpc) is 3.10. The number of nitrogens with zero attached hydrogens (tertiary/aromatic N) is 2. The fourth-order valence-corrected chi connectivity index (χ4v) is 3.12. The lowest BCUT2D eigenvalue weighted by molar-refractivity contribution is 0.0684. The summed E-state index contributed by atoms with van der Waals surface area (Å²) in [6.45, 7) is 2.20. The average molecular weight is 393 g/mol. The van der Waals surface area contributed by atoms with Crippen LogP contribution in [0.3, 0.4) is 0 Å². The van der Waals surface area contributed by atoms with E-state index in [2.05, 4.69) is 10.4 Å². The fourth-order valence-electron chi connectivity index (χ4n) is 3.12. The predicted octanol–water partition coefficient (Wildman–Crippen LogP) is 3.65. The van der Waals surface area contributed by atoms with Crippen LogP contribution < -0.4 is 10.1 Å². The van der Waals surface area contributed by atoms with E-state index in [9.17, 15) is 14.7 Å². The molecule has 0 aliphatic rings. The number of rotatable bonds is 8. The van der Waals surface area contributed by atoms with Crippen molar-refractivity contribution in [2.24, 2.45) is 0 Å². The highest BCUT2D eigenvalue weighted by Gasteiger charge is 2.24. The standard InChI is InChI=1S/C22H23N3O4/c1-3-25-20(22(27)28)19(18(24-25)13-12-15-8-5-4-6-9-15)23-21(26)16-10-7-11-17(14-16)29-2/h4-11,14H,3,12-13H2,1-2H3,(H,23,26)(H,27,28). The molecule has 0 saturated carbocycles. The van der Waals surface area contributed by atoms with Crippen molar-refractivity contribution in [3.63, 3.8) is 0 Å². The summed E-state index contributed by atoms with van der Waals surface area (Å²) in [5.74, 6) is -1.00. The lowest BCUT2D eigenvalue weighted by atomic mass is 10.1. The van der Waals surface area contributed by atoms with Crippen molar-refractivity contribution < 1.29 is 19.4 Å². The van der Waals surface area contributed by atoms with Crippen molar-refractivity contribution >= 4 is 17.6 Å². The number of benzene rings is 2. The van der Waals surface area contributed by atoms with E-state index in [0.717, 1.165) is 5.56 Å². The number of aromatic carboxylic acids is 1. The Bertz CT molecular complexity index is 1010. The Morgan fingerprint density at radius 1 is 1.10 bits per heavy atom. The summed E-state index contributed by atoms with van der Waals surface area (Å²) in [4.78, 5) is 24.7. The van der Waals surface area contributed by atoms with Gasteiger partial charge in [0.05, 0.1) is 18.5 Å². The topological polar surface area (TPSA) is 93.5 Å². The summed E-state index contributed by atoms with van der Waals surface area (Å²) in [5, 5.41) is 16.9. The summed E-state index contributed by atoms with van der Waals surface area (Å²) >= 11 is 0. The SMILES string of the molecule is CCn1nc(CCc2ccccc2)c(NC(=O)c2cccc(OC)c2)c1C(=O)O. The van der Waals surface area contributed by atoms with Crippen molar-refractivity contribution in [1.82, 2.24) is 9.78 Å². The molecule has 7 heteroatoms. The van der Waals surface area contributed by atoms with Crippen LogP contribution in [0.5, 0.6) is 5.75 Å². The van der Waals surface area contributed by atoms with Gasteiger partial charge in [0.1, 0.15) is 5.75 Å². The Balaban J connectivity index is 1.92. The third-order valence-electron chi connectivity index (χ3n) is 4.59. The number of ether oxygens (including phenoxy) is 1. The minimum absolute atomic E-state index is 0.0215. The smallest absolute Gasteiger partial charge is 0.356 e. The van der Waals surface area contributed by atoms with Crippen LogP contribution in [0.1, 0.15) is 39.0 Å². The van der Waals surface area contributed by atoms with Crippen LogP contribution >= 0.6 is 0 Å². The molecule has 0 aliphatic heterocycles. The molecule has 2 N–H and O–H groups in total. The summed E-state index contributed by atoms with van der Waals surface area (Å²) < 4.78 is 6.57. The molecule has 150 valence electrons. The molecule has 0 saturated heterocycles. The minimum Gasteiger partial charge on any atom is -0.497 e. The molecule has 7 nitrogen and oxygen atoms in total. The molecule has 0 atom stereocenters. The summed E-state index contributed by atoms with van der Waals surface area (Å²) in [6, 6.07) is 16.5. The van der Waals surface area contributed by atoms with Gasteiger partial charge in [-0.05, 0) is 43.5 Å². The number of hydrogen-bond acceptors (Lipinski definition) is 4. The molecular weight excluding hydrogens is 370 g/mol. The maximum absolute atomic E-state index is 12.8. The Morgan fingerprint density at radius 3 is 2.52 bits per heavy atom. The number of methoxy groups -OCH3 is 1. The van der Waals surface area contributed by atoms with Crippen molar-refractivity contribution in [2.45, 2.75) is 26.3 Å². The second-order valence-electron chi connectivity index (χ2n) is 6.46. The van der Waals surface area contributed by atoms with E-state index in [-0.39, 0.29) is 11.4 Å². The molecule has 1 heterocycles. The number of carbonyl (C=O) groups excluding carboxylic acids is 1. The normalized spacial score (nSPS) is 10.6. The first kappa shape index (κ1) is 20.1. The third-order valence-corrected chi connectivity index (χ3v) is 4.59. The molecule has 2 aromatic carbocycles. The molecule has 1 amide bonds. The summed E-state index contributed by atoms with van der Waals surface area (Å²) in [6.07, 6.45) is 1.19. The zero-order chi connectivity index (χ0) is 20.8. The van der Waals surface area contributed by atoms with Gasteiger partial charge < -0.3 is 15.2 Å². The van der Waals surface area contributed by atoms with Gasteiger partial charge in [0.25, 0.3) is 5.91 Å². The first-order valence-corrected chi connectivity index (χ1v) is 9.35. The highest BCUT2D eigenvalue weighted by Crippen LogP contribution is 2.24. The first-order chi connectivity index (χ1) is 14.0. The van der Waals surface area contributed by atoms with Crippen LogP contribution in [0.25, 0.3) is 0 Å². The number of carbonyl (C=O) groups is 2. The summed E-state index contributed by atoms with van der Waals surface area (Å²) in [7, 11) is 1.52. The molecule has 0 unspecified atom stereocenters. The number of nitrogens with one attached hydrogen (secondary N) is 1. The van der Waals surface area contributed by atoms with E-state index in [4.69, 9.17) is 4.74 Å². The van der Waals surface area contributed by atoms with Gasteiger partial charge in [-0.2, -0.15) is 5.10 Å². The van der Waals surface area contributed by atoms with Gasteiger partial charge in [-0.1, -0.05) is 36.4 Å². The minimum atomic E-state index is -1.13. The molecular formula is C22H23N3O4. The number of carboxylic acids is 1. The number of anilines is 1. The van der Waals surface area contributed by atoms with Gasteiger partial charge in [-0.25, -0.2) is 4.79 Å². The van der Waals surface area contributed by atoms with E-state index >= 15 is 0 Å². The van der Waals surface area contributed by atoms with Crippen LogP contribution in [0.15, 0.2) is 54.6 Å². The molecule has 0 spiro atoms. The molecule has 0 radical (unpaired) electrons. The van der Waals surface area contributed by atoms with Crippen LogP contribution in [0, 0.1) is 0 Å². The largest absolute Gasteiger partial charge is 0.497 e. The van der Waals surface area contributed by atoms with Crippen molar-refractivity contribution in [3.8, 4) is 5.75 Å². The van der Waals surface area contributed by atoms with E-state index in [1.54, 1.807) is 24.3 Å². The highest BCUT2D eigenvalue weighted by molar-refractivity contribution is 6.08. The van der Waals surface area contributed by atoms with Crippen molar-refractivity contribution in [1.29, 1.82) is 0 Å². The molecule has 3 rings (SSSR count).